The number of aromatic nitrogens is 3. The highest BCUT2D eigenvalue weighted by Crippen LogP contribution is 2.29. The fraction of sp³-hybridized carbons (Fsp3) is 0.176. The molecule has 22 heavy (non-hydrogen) atoms. The summed E-state index contributed by atoms with van der Waals surface area (Å²) < 4.78 is 6.94. The minimum absolute atomic E-state index is 0.523. The smallest absolute Gasteiger partial charge is 0.155 e. The van der Waals surface area contributed by atoms with Gasteiger partial charge < -0.3 is 10.5 Å². The molecule has 5 nitrogen and oxygen atoms in total. The molecule has 3 rings (SSSR count). The molecule has 0 aliphatic carbocycles. The van der Waals surface area contributed by atoms with E-state index in [1.54, 1.807) is 11.8 Å². The number of nitrogens with zero attached hydrogens (tertiary/aromatic N) is 3. The number of hydrogen-bond donors (Lipinski definition) is 1. The van der Waals surface area contributed by atoms with E-state index in [1.807, 2.05) is 56.3 Å². The van der Waals surface area contributed by atoms with Crippen LogP contribution in [0.3, 0.4) is 0 Å². The molecule has 0 spiro atoms. The zero-order chi connectivity index (χ0) is 15.7. The van der Waals surface area contributed by atoms with Gasteiger partial charge in [0.15, 0.2) is 5.82 Å². The number of methoxy groups -OCH3 is 1. The van der Waals surface area contributed by atoms with Crippen LogP contribution in [0.25, 0.3) is 16.9 Å². The third kappa shape index (κ3) is 2.41. The van der Waals surface area contributed by atoms with Crippen LogP contribution in [-0.2, 0) is 0 Å². The summed E-state index contributed by atoms with van der Waals surface area (Å²) in [4.78, 5) is 0. The highest BCUT2D eigenvalue weighted by Gasteiger charge is 2.14. The molecule has 1 heterocycles. The van der Waals surface area contributed by atoms with E-state index >= 15 is 0 Å². The van der Waals surface area contributed by atoms with Crippen LogP contribution in [0, 0.1) is 13.8 Å². The van der Waals surface area contributed by atoms with Gasteiger partial charge in [-0.2, -0.15) is 4.68 Å². The van der Waals surface area contributed by atoms with Crippen molar-refractivity contribution in [2.45, 2.75) is 13.8 Å². The van der Waals surface area contributed by atoms with Gasteiger partial charge in [0, 0.05) is 5.56 Å². The summed E-state index contributed by atoms with van der Waals surface area (Å²) in [7, 11) is 1.66. The van der Waals surface area contributed by atoms with Gasteiger partial charge in [0.2, 0.25) is 0 Å². The Morgan fingerprint density at radius 3 is 2.59 bits per heavy atom. The van der Waals surface area contributed by atoms with Gasteiger partial charge in [-0.1, -0.05) is 17.3 Å². The molecule has 2 aromatic carbocycles. The molecule has 2 N–H and O–H groups in total. The predicted molar refractivity (Wildman–Crippen MR) is 87.2 cm³/mol. The first-order chi connectivity index (χ1) is 10.6. The Morgan fingerprint density at radius 2 is 1.91 bits per heavy atom. The first-order valence-corrected chi connectivity index (χ1v) is 7.03. The maximum Gasteiger partial charge on any atom is 0.155 e. The topological polar surface area (TPSA) is 66.0 Å². The first-order valence-electron chi connectivity index (χ1n) is 7.03. The van der Waals surface area contributed by atoms with Crippen molar-refractivity contribution in [1.82, 2.24) is 15.0 Å². The van der Waals surface area contributed by atoms with Crippen LogP contribution in [-0.4, -0.2) is 22.1 Å². The number of aryl methyl sites for hydroxylation is 2. The third-order valence-electron chi connectivity index (χ3n) is 3.62. The number of anilines is 1. The van der Waals surface area contributed by atoms with E-state index in [1.165, 1.54) is 0 Å². The van der Waals surface area contributed by atoms with Crippen LogP contribution < -0.4 is 10.5 Å². The van der Waals surface area contributed by atoms with Crippen molar-refractivity contribution < 1.29 is 4.74 Å². The molecule has 0 unspecified atom stereocenters. The molecule has 1 aromatic heterocycles. The summed E-state index contributed by atoms with van der Waals surface area (Å²) in [5.74, 6) is 1.36. The van der Waals surface area contributed by atoms with Crippen LogP contribution >= 0.6 is 0 Å². The van der Waals surface area contributed by atoms with Gasteiger partial charge in [0.1, 0.15) is 11.4 Å². The number of rotatable bonds is 3. The molecule has 0 atom stereocenters. The summed E-state index contributed by atoms with van der Waals surface area (Å²) >= 11 is 0. The molecule has 0 fully saturated rings. The lowest BCUT2D eigenvalue weighted by Crippen LogP contribution is -2.02. The zero-order valence-corrected chi connectivity index (χ0v) is 12.9. The maximum atomic E-state index is 6.24. The summed E-state index contributed by atoms with van der Waals surface area (Å²) in [6, 6.07) is 13.8. The fourth-order valence-corrected chi connectivity index (χ4v) is 2.47. The van der Waals surface area contributed by atoms with E-state index < -0.39 is 0 Å². The van der Waals surface area contributed by atoms with Crippen LogP contribution in [0.1, 0.15) is 11.1 Å². The van der Waals surface area contributed by atoms with Crippen molar-refractivity contribution in [2.75, 3.05) is 12.8 Å². The standard InChI is InChI=1S/C17H18N4O/c1-11-5-4-6-14(9-11)21-17(18)16(19-20-21)13-7-8-15(22-3)12(2)10-13/h4-10H,18H2,1-3H3. The molecule has 0 saturated heterocycles. The Bertz CT molecular complexity index is 823. The Labute approximate surface area is 129 Å². The molecule has 3 aromatic rings. The Balaban J connectivity index is 2.05. The molecule has 0 bridgehead atoms. The van der Waals surface area contributed by atoms with Crippen LogP contribution in [0.15, 0.2) is 42.5 Å². The monoisotopic (exact) mass is 294 g/mol. The summed E-state index contributed by atoms with van der Waals surface area (Å²) in [6.45, 7) is 4.02. The van der Waals surface area contributed by atoms with Gasteiger partial charge in [-0.25, -0.2) is 0 Å². The average Bonchev–Trinajstić information content (AvgIpc) is 2.89. The SMILES string of the molecule is COc1ccc(-c2nnn(-c3cccc(C)c3)c2N)cc1C. The first kappa shape index (κ1) is 14.1. The number of hydrogen-bond acceptors (Lipinski definition) is 4. The van der Waals surface area contributed by atoms with Crippen molar-refractivity contribution >= 4 is 5.82 Å². The number of benzene rings is 2. The summed E-state index contributed by atoms with van der Waals surface area (Å²) in [5, 5.41) is 8.42. The molecule has 0 radical (unpaired) electrons. The van der Waals surface area contributed by atoms with Gasteiger partial charge in [-0.05, 0) is 55.3 Å². The molecular formula is C17H18N4O. The van der Waals surface area contributed by atoms with E-state index in [-0.39, 0.29) is 0 Å². The van der Waals surface area contributed by atoms with Crippen LogP contribution in [0.5, 0.6) is 5.75 Å². The predicted octanol–water partition coefficient (Wildman–Crippen LogP) is 3.14. The molecule has 5 heteroatoms. The second-order valence-corrected chi connectivity index (χ2v) is 5.26. The summed E-state index contributed by atoms with van der Waals surface area (Å²) in [5.41, 5.74) is 10.9. The second kappa shape index (κ2) is 5.52. The van der Waals surface area contributed by atoms with Crippen molar-refractivity contribution in [3.8, 4) is 22.7 Å². The lowest BCUT2D eigenvalue weighted by molar-refractivity contribution is 0.412. The highest BCUT2D eigenvalue weighted by atomic mass is 16.5. The van der Waals surface area contributed by atoms with Gasteiger partial charge >= 0.3 is 0 Å². The van der Waals surface area contributed by atoms with Gasteiger partial charge in [0.05, 0.1) is 12.8 Å². The Kier molecular flexibility index (Phi) is 3.55. The highest BCUT2D eigenvalue weighted by molar-refractivity contribution is 5.72. The van der Waals surface area contributed by atoms with Crippen molar-refractivity contribution in [3.05, 3.63) is 53.6 Å². The van der Waals surface area contributed by atoms with Gasteiger partial charge in [-0.15, -0.1) is 5.10 Å². The lowest BCUT2D eigenvalue weighted by atomic mass is 10.1. The molecule has 0 amide bonds. The second-order valence-electron chi connectivity index (χ2n) is 5.26. The summed E-state index contributed by atoms with van der Waals surface area (Å²) in [6.07, 6.45) is 0. The Morgan fingerprint density at radius 1 is 1.09 bits per heavy atom. The van der Waals surface area contributed by atoms with Crippen LogP contribution in [0.2, 0.25) is 0 Å². The Hall–Kier alpha value is -2.82. The van der Waals surface area contributed by atoms with Gasteiger partial charge in [-0.3, -0.25) is 0 Å². The number of ether oxygens (including phenoxy) is 1. The fourth-order valence-electron chi connectivity index (χ4n) is 2.47. The lowest BCUT2D eigenvalue weighted by Gasteiger charge is -2.07. The quantitative estimate of drug-likeness (QED) is 0.806. The van der Waals surface area contributed by atoms with E-state index in [9.17, 15) is 0 Å². The molecule has 0 aliphatic heterocycles. The van der Waals surface area contributed by atoms with E-state index in [0.29, 0.717) is 11.5 Å². The molecular weight excluding hydrogens is 276 g/mol. The van der Waals surface area contributed by atoms with Crippen molar-refractivity contribution in [2.24, 2.45) is 0 Å². The number of nitrogens with two attached hydrogens (primary N) is 1. The zero-order valence-electron chi connectivity index (χ0n) is 12.9. The molecule has 0 aliphatic rings. The average molecular weight is 294 g/mol. The van der Waals surface area contributed by atoms with Crippen molar-refractivity contribution in [1.29, 1.82) is 0 Å². The van der Waals surface area contributed by atoms with E-state index in [2.05, 4.69) is 10.3 Å². The molecule has 112 valence electrons. The molecule has 0 saturated carbocycles. The van der Waals surface area contributed by atoms with Crippen molar-refractivity contribution in [3.63, 3.8) is 0 Å². The van der Waals surface area contributed by atoms with E-state index in [4.69, 9.17) is 10.5 Å². The minimum Gasteiger partial charge on any atom is -0.496 e. The van der Waals surface area contributed by atoms with Crippen LogP contribution in [0.4, 0.5) is 5.82 Å². The largest absolute Gasteiger partial charge is 0.496 e. The number of nitrogen functional groups attached to an aromatic ring is 1. The minimum atomic E-state index is 0.523. The normalized spacial score (nSPS) is 10.7. The maximum absolute atomic E-state index is 6.24. The van der Waals surface area contributed by atoms with E-state index in [0.717, 1.165) is 28.1 Å². The van der Waals surface area contributed by atoms with Gasteiger partial charge in [0.25, 0.3) is 0 Å². The third-order valence-corrected chi connectivity index (χ3v) is 3.62.